The third-order valence-corrected chi connectivity index (χ3v) is 9.69. The number of benzene rings is 3. The summed E-state index contributed by atoms with van der Waals surface area (Å²) in [5, 5.41) is 11.9. The van der Waals surface area contributed by atoms with Crippen molar-refractivity contribution in [3.63, 3.8) is 0 Å². The minimum absolute atomic E-state index is 0.0274. The number of aliphatic carboxylic acids is 1. The van der Waals surface area contributed by atoms with E-state index in [0.717, 1.165) is 27.1 Å². The van der Waals surface area contributed by atoms with E-state index in [9.17, 15) is 19.5 Å². The van der Waals surface area contributed by atoms with E-state index in [1.54, 1.807) is 0 Å². The van der Waals surface area contributed by atoms with Crippen molar-refractivity contribution in [2.45, 2.75) is 58.9 Å². The van der Waals surface area contributed by atoms with Gasteiger partial charge in [0.25, 0.3) is 0 Å². The molecule has 2 N–H and O–H groups in total. The molecule has 0 aliphatic heterocycles. The number of carboxylic acids is 1. The number of ketones is 1. The lowest BCUT2D eigenvalue weighted by Crippen LogP contribution is -2.42. The van der Waals surface area contributed by atoms with Gasteiger partial charge in [-0.3, -0.25) is 14.4 Å². The molecule has 0 saturated heterocycles. The summed E-state index contributed by atoms with van der Waals surface area (Å²) in [4.78, 5) is 48.8. The van der Waals surface area contributed by atoms with Crippen LogP contribution in [0.15, 0.2) is 97.3 Å². The van der Waals surface area contributed by atoms with Gasteiger partial charge in [0.15, 0.2) is 11.6 Å². The molecule has 2 aromatic heterocycles. The van der Waals surface area contributed by atoms with Crippen molar-refractivity contribution >= 4 is 29.0 Å². The van der Waals surface area contributed by atoms with Gasteiger partial charge in [-0.15, -0.1) is 11.3 Å². The fraction of sp³-hybridized carbons (Fsp3) is 0.256. The van der Waals surface area contributed by atoms with Crippen LogP contribution in [0.3, 0.4) is 0 Å². The van der Waals surface area contributed by atoms with Crippen LogP contribution in [0.4, 0.5) is 0 Å². The van der Waals surface area contributed by atoms with Crippen molar-refractivity contribution in [1.29, 1.82) is 0 Å². The van der Waals surface area contributed by atoms with Gasteiger partial charge in [0.1, 0.15) is 6.04 Å². The Bertz CT molecular complexity index is 1870. The molecule has 0 aliphatic rings. The summed E-state index contributed by atoms with van der Waals surface area (Å²) in [6.45, 7) is 9.78. The first-order chi connectivity index (χ1) is 22.4. The molecule has 0 saturated carbocycles. The van der Waals surface area contributed by atoms with Crippen LogP contribution in [-0.4, -0.2) is 38.8 Å². The second-order valence-corrected chi connectivity index (χ2v) is 14.0. The SMILES string of the molecule is Cc1cc(-c2cnc(-c3ccc(C[C@H](CC(=O)c4ccc(C(C)(C)C)s4)C(=O)N[C@H](C)C(=O)O)cc3)nc2)ccc1-c1ccccc1. The number of aromatic nitrogens is 2. The molecule has 0 fully saturated rings. The molecular formula is C39H39N3O4S. The summed E-state index contributed by atoms with van der Waals surface area (Å²) < 4.78 is 0. The van der Waals surface area contributed by atoms with Crippen LogP contribution >= 0.6 is 11.3 Å². The van der Waals surface area contributed by atoms with E-state index < -0.39 is 23.8 Å². The molecule has 8 heteroatoms. The average Bonchev–Trinajstić information content (AvgIpc) is 3.57. The predicted octanol–water partition coefficient (Wildman–Crippen LogP) is 8.17. The number of nitrogens with zero attached hydrogens (tertiary/aromatic N) is 2. The second-order valence-electron chi connectivity index (χ2n) is 12.9. The predicted molar refractivity (Wildman–Crippen MR) is 187 cm³/mol. The molecule has 5 aromatic rings. The number of thiophene rings is 1. The van der Waals surface area contributed by atoms with E-state index in [2.05, 4.69) is 73.3 Å². The lowest BCUT2D eigenvalue weighted by Gasteiger charge is -2.18. The molecule has 240 valence electrons. The van der Waals surface area contributed by atoms with Crippen LogP contribution in [-0.2, 0) is 21.4 Å². The van der Waals surface area contributed by atoms with Crippen molar-refractivity contribution in [2.24, 2.45) is 5.92 Å². The molecule has 5 rings (SSSR count). The van der Waals surface area contributed by atoms with Crippen LogP contribution in [0.1, 0.15) is 59.8 Å². The third kappa shape index (κ3) is 8.26. The Hall–Kier alpha value is -4.95. The first-order valence-corrected chi connectivity index (χ1v) is 16.4. The maximum atomic E-state index is 13.3. The largest absolute Gasteiger partial charge is 0.480 e. The molecular weight excluding hydrogens is 607 g/mol. The third-order valence-electron chi connectivity index (χ3n) is 8.14. The van der Waals surface area contributed by atoms with Crippen LogP contribution in [0, 0.1) is 12.8 Å². The maximum Gasteiger partial charge on any atom is 0.325 e. The van der Waals surface area contributed by atoms with Gasteiger partial charge in [0, 0.05) is 40.7 Å². The number of hydrogen-bond acceptors (Lipinski definition) is 6. The standard InChI is InChI=1S/C39H39N3O4S/c1-24-19-29(15-16-32(24)27-9-7-6-8-10-27)31-22-40-36(41-23-31)28-13-11-26(12-14-28)20-30(37(44)42-25(2)38(45)46)21-33(43)34-17-18-35(47-34)39(3,4)5/h6-19,22-23,25,30H,20-21H2,1-5H3,(H,42,44)(H,45,46)/t25-,30-/m1/s1. The zero-order valence-corrected chi connectivity index (χ0v) is 28.1. The number of rotatable bonds is 11. The zero-order chi connectivity index (χ0) is 33.7. The fourth-order valence-corrected chi connectivity index (χ4v) is 6.36. The highest BCUT2D eigenvalue weighted by Crippen LogP contribution is 2.32. The quantitative estimate of drug-likeness (QED) is 0.140. The Morgan fingerprint density at radius 3 is 2.09 bits per heavy atom. The summed E-state index contributed by atoms with van der Waals surface area (Å²) >= 11 is 1.44. The lowest BCUT2D eigenvalue weighted by molar-refractivity contribution is -0.141. The van der Waals surface area contributed by atoms with Crippen molar-refractivity contribution in [1.82, 2.24) is 15.3 Å². The van der Waals surface area contributed by atoms with Gasteiger partial charge in [-0.05, 0) is 65.6 Å². The number of nitrogens with one attached hydrogen (secondary N) is 1. The van der Waals surface area contributed by atoms with Crippen LogP contribution < -0.4 is 5.32 Å². The Labute approximate surface area is 279 Å². The van der Waals surface area contributed by atoms with Gasteiger partial charge >= 0.3 is 5.97 Å². The van der Waals surface area contributed by atoms with Gasteiger partial charge in [-0.2, -0.15) is 0 Å². The Balaban J connectivity index is 1.30. The van der Waals surface area contributed by atoms with E-state index in [4.69, 9.17) is 0 Å². The molecule has 0 unspecified atom stereocenters. The monoisotopic (exact) mass is 645 g/mol. The Morgan fingerprint density at radius 2 is 1.49 bits per heavy atom. The summed E-state index contributed by atoms with van der Waals surface area (Å²) in [5.74, 6) is -1.89. The van der Waals surface area contributed by atoms with Crippen molar-refractivity contribution in [2.75, 3.05) is 0 Å². The maximum absolute atomic E-state index is 13.3. The first kappa shape index (κ1) is 33.4. The highest BCUT2D eigenvalue weighted by molar-refractivity contribution is 7.14. The van der Waals surface area contributed by atoms with E-state index in [1.807, 2.05) is 67.0 Å². The van der Waals surface area contributed by atoms with Crippen molar-refractivity contribution in [3.8, 4) is 33.6 Å². The molecule has 0 radical (unpaired) electrons. The number of amides is 1. The number of carbonyl (C=O) groups is 3. The summed E-state index contributed by atoms with van der Waals surface area (Å²) in [6.07, 6.45) is 3.89. The van der Waals surface area contributed by atoms with Gasteiger partial charge in [0.2, 0.25) is 5.91 Å². The van der Waals surface area contributed by atoms with Crippen LogP contribution in [0.2, 0.25) is 0 Å². The molecule has 2 heterocycles. The number of carbonyl (C=O) groups excluding carboxylic acids is 2. The van der Waals surface area contributed by atoms with E-state index in [0.29, 0.717) is 10.7 Å². The van der Waals surface area contributed by atoms with Gasteiger partial charge < -0.3 is 10.4 Å². The molecule has 2 atom stereocenters. The number of carboxylic acid groups (broad SMARTS) is 1. The second kappa shape index (κ2) is 14.2. The van der Waals surface area contributed by atoms with Crippen LogP contribution in [0.5, 0.6) is 0 Å². The molecule has 7 nitrogen and oxygen atoms in total. The number of hydrogen-bond donors (Lipinski definition) is 2. The smallest absolute Gasteiger partial charge is 0.325 e. The van der Waals surface area contributed by atoms with E-state index in [-0.39, 0.29) is 24.0 Å². The normalized spacial score (nSPS) is 12.7. The number of Topliss-reactive ketones (excluding diaryl/α,β-unsaturated/α-hetero) is 1. The molecule has 3 aromatic carbocycles. The van der Waals surface area contributed by atoms with Crippen molar-refractivity contribution in [3.05, 3.63) is 118 Å². The molecule has 47 heavy (non-hydrogen) atoms. The average molecular weight is 646 g/mol. The Morgan fingerprint density at radius 1 is 0.830 bits per heavy atom. The Kier molecular flexibility index (Phi) is 10.1. The lowest BCUT2D eigenvalue weighted by atomic mass is 9.92. The minimum atomic E-state index is -1.13. The van der Waals surface area contributed by atoms with Crippen molar-refractivity contribution < 1.29 is 19.5 Å². The number of aryl methyl sites for hydroxylation is 1. The molecule has 0 aliphatic carbocycles. The summed E-state index contributed by atoms with van der Waals surface area (Å²) in [6, 6.07) is 26.9. The topological polar surface area (TPSA) is 109 Å². The van der Waals surface area contributed by atoms with Gasteiger partial charge in [-0.25, -0.2) is 9.97 Å². The summed E-state index contributed by atoms with van der Waals surface area (Å²) in [7, 11) is 0. The zero-order valence-electron chi connectivity index (χ0n) is 27.3. The molecule has 0 bridgehead atoms. The molecule has 0 spiro atoms. The first-order valence-electron chi connectivity index (χ1n) is 15.6. The highest BCUT2D eigenvalue weighted by atomic mass is 32.1. The molecule has 1 amide bonds. The van der Waals surface area contributed by atoms with Gasteiger partial charge in [0.05, 0.1) is 4.88 Å². The highest BCUT2D eigenvalue weighted by Gasteiger charge is 2.27. The van der Waals surface area contributed by atoms with Crippen LogP contribution in [0.25, 0.3) is 33.6 Å². The van der Waals surface area contributed by atoms with E-state index in [1.165, 1.54) is 35.0 Å². The summed E-state index contributed by atoms with van der Waals surface area (Å²) in [5.41, 5.74) is 7.07. The fourth-order valence-electron chi connectivity index (χ4n) is 5.35. The minimum Gasteiger partial charge on any atom is -0.480 e. The van der Waals surface area contributed by atoms with Gasteiger partial charge in [-0.1, -0.05) is 93.6 Å². The van der Waals surface area contributed by atoms with E-state index >= 15 is 0 Å².